The molecule has 0 spiro atoms. The lowest BCUT2D eigenvalue weighted by Crippen LogP contribution is -2.66. The van der Waals surface area contributed by atoms with Crippen molar-refractivity contribution in [2.45, 2.75) is 407 Å². The van der Waals surface area contributed by atoms with E-state index in [2.05, 4.69) is 104 Å². The van der Waals surface area contributed by atoms with Crippen LogP contribution in [0.5, 0.6) is 0 Å². The van der Waals surface area contributed by atoms with E-state index in [9.17, 15) is 61.0 Å². The highest BCUT2D eigenvalue weighted by atomic mass is 16.8. The van der Waals surface area contributed by atoms with Gasteiger partial charge in [0.25, 0.3) is 0 Å². The van der Waals surface area contributed by atoms with Crippen molar-refractivity contribution in [1.82, 2.24) is 5.32 Å². The second kappa shape index (κ2) is 64.5. The third-order valence-corrected chi connectivity index (χ3v) is 20.1. The fourth-order valence-electron chi connectivity index (χ4n) is 13.5. The number of unbranched alkanes of at least 4 members (excludes halogenated alkanes) is 35. The van der Waals surface area contributed by atoms with E-state index in [-0.39, 0.29) is 18.9 Å². The fourth-order valence-corrected chi connectivity index (χ4v) is 13.5. The molecule has 0 radical (unpaired) electrons. The minimum Gasteiger partial charge on any atom is -0.394 e. The van der Waals surface area contributed by atoms with E-state index in [1.165, 1.54) is 193 Å². The number of carbonyl (C=O) groups is 1. The number of aliphatic hydroxyl groups excluding tert-OH is 11. The van der Waals surface area contributed by atoms with Gasteiger partial charge in [0.2, 0.25) is 5.91 Å². The van der Waals surface area contributed by atoms with Gasteiger partial charge in [-0.15, -0.1) is 0 Å². The molecule has 104 heavy (non-hydrogen) atoms. The van der Waals surface area contributed by atoms with E-state index >= 15 is 0 Å². The number of nitrogens with one attached hydrogen (secondary N) is 1. The van der Waals surface area contributed by atoms with Crippen LogP contribution in [0, 0.1) is 0 Å². The smallest absolute Gasteiger partial charge is 0.220 e. The first kappa shape index (κ1) is 94.9. The molecule has 17 unspecified atom stereocenters. The van der Waals surface area contributed by atoms with Gasteiger partial charge in [0, 0.05) is 6.42 Å². The van der Waals surface area contributed by atoms with Crippen molar-refractivity contribution in [3.8, 4) is 0 Å². The number of carbonyl (C=O) groups excluding carboxylic acids is 1. The number of rotatable bonds is 65. The largest absolute Gasteiger partial charge is 0.394 e. The first-order valence-electron chi connectivity index (χ1n) is 41.5. The molecule has 0 bridgehead atoms. The molecule has 3 rings (SSSR count). The molecule has 19 nitrogen and oxygen atoms in total. The van der Waals surface area contributed by atoms with Crippen molar-refractivity contribution >= 4 is 5.91 Å². The number of amides is 1. The van der Waals surface area contributed by atoms with Crippen molar-refractivity contribution < 1.29 is 89.4 Å². The number of hydrogen-bond acceptors (Lipinski definition) is 18. The van der Waals surface area contributed by atoms with Crippen molar-refractivity contribution in [2.75, 3.05) is 26.4 Å². The van der Waals surface area contributed by atoms with E-state index in [4.69, 9.17) is 28.4 Å². The van der Waals surface area contributed by atoms with Gasteiger partial charge in [-0.1, -0.05) is 304 Å². The first-order valence-corrected chi connectivity index (χ1v) is 41.5. The van der Waals surface area contributed by atoms with Crippen molar-refractivity contribution in [1.29, 1.82) is 0 Å². The summed E-state index contributed by atoms with van der Waals surface area (Å²) in [5.74, 6) is -0.287. The molecule has 3 aliphatic heterocycles. The summed E-state index contributed by atoms with van der Waals surface area (Å²) in [6, 6.07) is -1.00. The predicted molar refractivity (Wildman–Crippen MR) is 415 cm³/mol. The standard InChI is InChI=1S/C85H149NO18/c1-3-5-7-9-11-13-15-17-19-21-23-25-27-28-29-30-31-32-33-34-35-36-37-38-39-40-41-43-45-47-49-51-53-55-57-59-61-63-73(91)86-68(69(90)62-60-58-56-54-52-50-48-46-44-42-26-24-22-20-18-16-14-12-10-8-6-4-2)67-99-83-79(97)76(94)81(71(65-88)101-83)104-85-80(98)77(95)82(72(66-89)102-85)103-84-78(96)75(93)74(92)70(64-87)100-84/h5,7,11,13,17,19,23,25,28-29,44,46,52,54,60,62,68-72,74-85,87-90,92-98H,3-4,6,8-10,12,14-16,18,20-22,24,26-27,30-43,45,47-51,53,55-59,61,63-67H2,1-2H3,(H,86,91)/b7-5-,13-11-,19-17-,25-23-,29-28-,46-44+,54-52+,62-60+. The average molecular weight is 1470 g/mol. The van der Waals surface area contributed by atoms with Crippen LogP contribution in [0.15, 0.2) is 97.2 Å². The summed E-state index contributed by atoms with van der Waals surface area (Å²) in [5.41, 5.74) is 0. The second-order valence-corrected chi connectivity index (χ2v) is 29.2. The Kier molecular flexibility index (Phi) is 58.9. The molecule has 3 saturated heterocycles. The van der Waals surface area contributed by atoms with Crippen LogP contribution in [0.3, 0.4) is 0 Å². The molecule has 0 aromatic rings. The van der Waals surface area contributed by atoms with E-state index in [0.717, 1.165) is 77.0 Å². The number of allylic oxidation sites excluding steroid dienone is 15. The predicted octanol–water partition coefficient (Wildman–Crippen LogP) is 14.3. The Hall–Kier alpha value is -3.29. The van der Waals surface area contributed by atoms with Crippen molar-refractivity contribution in [3.05, 3.63) is 97.2 Å². The first-order chi connectivity index (χ1) is 50.8. The zero-order chi connectivity index (χ0) is 75.3. The molecule has 602 valence electrons. The van der Waals surface area contributed by atoms with E-state index in [1.807, 2.05) is 6.08 Å². The van der Waals surface area contributed by atoms with Crippen LogP contribution in [-0.2, 0) is 33.2 Å². The van der Waals surface area contributed by atoms with E-state index in [0.29, 0.717) is 12.8 Å². The SMILES string of the molecule is CC/C=C\C/C=C\C/C=C\C/C=C\C/C=C\CCCCCCCCCCCCCCCCCCCCCCCC(=O)NC(COC1OC(CO)C(OC2OC(CO)C(OC3OC(CO)C(O)C(O)C3O)C(O)C2O)C(O)C1O)C(O)/C=C/CC/C=C/CC/C=C/CCCCCCCCCCCCCC. The molecule has 0 aromatic heterocycles. The molecular formula is C85H149NO18. The zero-order valence-electron chi connectivity index (χ0n) is 64.5. The second-order valence-electron chi connectivity index (χ2n) is 29.2. The lowest BCUT2D eigenvalue weighted by atomic mass is 9.96. The summed E-state index contributed by atoms with van der Waals surface area (Å²) in [5, 5.41) is 121. The normalized spacial score (nSPS) is 26.4. The van der Waals surface area contributed by atoms with Crippen LogP contribution < -0.4 is 5.32 Å². The van der Waals surface area contributed by atoms with Gasteiger partial charge in [-0.05, 0) is 89.9 Å². The minimum absolute atomic E-state index is 0.231. The van der Waals surface area contributed by atoms with Gasteiger partial charge in [0.1, 0.15) is 73.2 Å². The van der Waals surface area contributed by atoms with Crippen molar-refractivity contribution in [3.63, 3.8) is 0 Å². The minimum atomic E-state index is -1.99. The lowest BCUT2D eigenvalue weighted by Gasteiger charge is -2.48. The monoisotopic (exact) mass is 1470 g/mol. The van der Waals surface area contributed by atoms with Gasteiger partial charge in [-0.25, -0.2) is 0 Å². The zero-order valence-corrected chi connectivity index (χ0v) is 64.5. The van der Waals surface area contributed by atoms with Crippen LogP contribution in [0.1, 0.15) is 303 Å². The topological polar surface area (TPSA) is 307 Å². The number of hydrogen-bond donors (Lipinski definition) is 12. The summed E-state index contributed by atoms with van der Waals surface area (Å²) < 4.78 is 34.4. The molecule has 17 atom stereocenters. The van der Waals surface area contributed by atoms with E-state index in [1.54, 1.807) is 6.08 Å². The van der Waals surface area contributed by atoms with Gasteiger partial charge in [0.05, 0.1) is 38.6 Å². The highest BCUT2D eigenvalue weighted by Gasteiger charge is 2.54. The van der Waals surface area contributed by atoms with Gasteiger partial charge in [0.15, 0.2) is 18.9 Å². The maximum Gasteiger partial charge on any atom is 0.220 e. The van der Waals surface area contributed by atoms with Gasteiger partial charge in [-0.2, -0.15) is 0 Å². The Morgan fingerprint density at radius 3 is 1.08 bits per heavy atom. The fraction of sp³-hybridized carbons (Fsp3) is 0.800. The quantitative estimate of drug-likeness (QED) is 0.0199. The lowest BCUT2D eigenvalue weighted by molar-refractivity contribution is -0.379. The Bertz CT molecular complexity index is 2260. The molecule has 3 aliphatic rings. The molecule has 12 N–H and O–H groups in total. The Labute approximate surface area is 628 Å². The summed E-state index contributed by atoms with van der Waals surface area (Å²) in [6.07, 6.45) is 61.2. The van der Waals surface area contributed by atoms with Crippen LogP contribution in [0.25, 0.3) is 0 Å². The molecule has 1 amide bonds. The molecule has 3 fully saturated rings. The summed E-state index contributed by atoms with van der Waals surface area (Å²) in [7, 11) is 0. The maximum absolute atomic E-state index is 13.5. The third kappa shape index (κ3) is 43.8. The maximum atomic E-state index is 13.5. The molecule has 3 heterocycles. The van der Waals surface area contributed by atoms with Gasteiger partial charge >= 0.3 is 0 Å². The van der Waals surface area contributed by atoms with Gasteiger partial charge < -0.3 is 89.9 Å². The Morgan fingerprint density at radius 2 is 0.673 bits per heavy atom. The summed E-state index contributed by atoms with van der Waals surface area (Å²) >= 11 is 0. The third-order valence-electron chi connectivity index (χ3n) is 20.1. The van der Waals surface area contributed by atoms with Crippen LogP contribution >= 0.6 is 0 Å². The van der Waals surface area contributed by atoms with Crippen LogP contribution in [0.4, 0.5) is 0 Å². The molecule has 0 aliphatic carbocycles. The summed E-state index contributed by atoms with van der Waals surface area (Å²) in [4.78, 5) is 13.5. The van der Waals surface area contributed by atoms with Gasteiger partial charge in [-0.3, -0.25) is 4.79 Å². The highest BCUT2D eigenvalue weighted by molar-refractivity contribution is 5.76. The number of ether oxygens (including phenoxy) is 6. The molecule has 19 heteroatoms. The number of aliphatic hydroxyl groups is 11. The summed E-state index contributed by atoms with van der Waals surface area (Å²) in [6.45, 7) is 1.62. The average Bonchev–Trinajstić information content (AvgIpc) is 0.783. The highest BCUT2D eigenvalue weighted by Crippen LogP contribution is 2.33. The molecular weight excluding hydrogens is 1320 g/mol. The van der Waals surface area contributed by atoms with E-state index < -0.39 is 124 Å². The van der Waals surface area contributed by atoms with Crippen LogP contribution in [0.2, 0.25) is 0 Å². The molecule has 0 saturated carbocycles. The van der Waals surface area contributed by atoms with Crippen molar-refractivity contribution in [2.24, 2.45) is 0 Å². The Morgan fingerprint density at radius 1 is 0.356 bits per heavy atom. The van der Waals surface area contributed by atoms with Crippen LogP contribution in [-0.4, -0.2) is 193 Å². The Balaban J connectivity index is 1.34. The molecule has 0 aromatic carbocycles.